The van der Waals surface area contributed by atoms with Crippen LogP contribution in [0.4, 0.5) is 8.63 Å². The number of methoxy groups -OCH3 is 1. The van der Waals surface area contributed by atoms with Crippen LogP contribution in [0, 0.1) is 13.8 Å². The molecular weight excluding hydrogens is 377 g/mol. The van der Waals surface area contributed by atoms with Gasteiger partial charge in [0.2, 0.25) is 0 Å². The number of aliphatic carboxylic acids is 1. The van der Waals surface area contributed by atoms with Gasteiger partial charge in [-0.05, 0) is 73.9 Å². The molecule has 29 heavy (non-hydrogen) atoms. The number of carboxylic acid groups (broad SMARTS) is 1. The molecule has 8 heteroatoms. The van der Waals surface area contributed by atoms with Crippen molar-refractivity contribution in [3.63, 3.8) is 0 Å². The van der Waals surface area contributed by atoms with Gasteiger partial charge in [-0.1, -0.05) is 0 Å². The Morgan fingerprint density at radius 3 is 2.52 bits per heavy atom. The first-order valence-electron chi connectivity index (χ1n) is 9.15. The average Bonchev–Trinajstić information content (AvgIpc) is 3.24. The second kappa shape index (κ2) is 8.47. The Morgan fingerprint density at radius 2 is 1.93 bits per heavy atom. The lowest BCUT2D eigenvalue weighted by Gasteiger charge is -2.06. The molecule has 0 amide bonds. The van der Waals surface area contributed by atoms with Gasteiger partial charge in [0.05, 0.1) is 18.5 Å². The van der Waals surface area contributed by atoms with Gasteiger partial charge in [-0.3, -0.25) is 13.4 Å². The molecule has 1 aliphatic rings. The van der Waals surface area contributed by atoms with Crippen molar-refractivity contribution in [3.05, 3.63) is 70.2 Å². The van der Waals surface area contributed by atoms with Gasteiger partial charge in [-0.15, -0.1) is 0 Å². The van der Waals surface area contributed by atoms with Crippen molar-refractivity contribution >= 4 is 25.2 Å². The number of allylic oxidation sites excluding steroid dienone is 2. The zero-order chi connectivity index (χ0) is 21.1. The molecule has 0 spiro atoms. The molecule has 2 heterocycles. The number of ether oxygens (including phenoxy) is 1. The fourth-order valence-corrected chi connectivity index (χ4v) is 3.48. The minimum atomic E-state index is -2.73. The largest absolute Gasteiger partial charge is 0.677 e. The Morgan fingerprint density at radius 1 is 1.24 bits per heavy atom. The molecule has 2 aromatic rings. The number of halogens is 2. The van der Waals surface area contributed by atoms with E-state index in [0.29, 0.717) is 28.2 Å². The van der Waals surface area contributed by atoms with Crippen LogP contribution in [0.15, 0.2) is 47.1 Å². The van der Waals surface area contributed by atoms with Crippen LogP contribution in [0.2, 0.25) is 0 Å². The van der Waals surface area contributed by atoms with Gasteiger partial charge in [-0.25, -0.2) is 4.99 Å². The molecule has 1 aliphatic heterocycles. The van der Waals surface area contributed by atoms with E-state index in [4.69, 9.17) is 9.84 Å². The van der Waals surface area contributed by atoms with Crippen molar-refractivity contribution in [2.75, 3.05) is 7.11 Å². The Balaban J connectivity index is 1.97. The Bertz CT molecular complexity index is 1020. The normalized spacial score (nSPS) is 14.4. The fraction of sp³-hybridized carbons (Fsp3) is 0.238. The van der Waals surface area contributed by atoms with Gasteiger partial charge in [-0.2, -0.15) is 0 Å². The molecule has 5 nitrogen and oxygen atoms in total. The van der Waals surface area contributed by atoms with Crippen LogP contribution in [0.5, 0.6) is 5.75 Å². The average molecular weight is 398 g/mol. The fourth-order valence-electron chi connectivity index (χ4n) is 3.48. The van der Waals surface area contributed by atoms with E-state index in [1.165, 1.54) is 0 Å². The third-order valence-electron chi connectivity index (χ3n) is 5.01. The van der Waals surface area contributed by atoms with Gasteiger partial charge >= 0.3 is 13.4 Å². The zero-order valence-corrected chi connectivity index (χ0v) is 16.4. The zero-order valence-electron chi connectivity index (χ0n) is 16.4. The summed E-state index contributed by atoms with van der Waals surface area (Å²) in [5, 5.41) is 8.94. The molecule has 1 aromatic heterocycles. The van der Waals surface area contributed by atoms with Crippen molar-refractivity contribution in [3.8, 4) is 5.75 Å². The van der Waals surface area contributed by atoms with E-state index in [2.05, 4.69) is 4.99 Å². The maximum Gasteiger partial charge on any atom is 0.677 e. The van der Waals surface area contributed by atoms with Crippen LogP contribution in [0.3, 0.4) is 0 Å². The lowest BCUT2D eigenvalue weighted by Crippen LogP contribution is -2.16. The standard InChI is InChI=1S/C21H21BF2N2O3/c1-13-18(9-11-21(27)28)14(2)26(22(23)24)20(13)12-16-6-10-19(25-16)15-4-7-17(29-3)8-5-15/h4-8,10,12H,9,11H2,1-3H3,(H,27,28)/b16-12-. The molecular formula is C21H21BF2N2O3. The van der Waals surface area contributed by atoms with E-state index in [9.17, 15) is 13.4 Å². The monoisotopic (exact) mass is 398 g/mol. The third kappa shape index (κ3) is 4.31. The van der Waals surface area contributed by atoms with Gasteiger partial charge < -0.3 is 14.3 Å². The van der Waals surface area contributed by atoms with Gasteiger partial charge in [0.1, 0.15) is 5.75 Å². The predicted molar refractivity (Wildman–Crippen MR) is 110 cm³/mol. The number of aromatic nitrogens is 1. The highest BCUT2D eigenvalue weighted by atomic mass is 19.2. The summed E-state index contributed by atoms with van der Waals surface area (Å²) in [6.45, 7) is 3.33. The minimum Gasteiger partial charge on any atom is -0.497 e. The van der Waals surface area contributed by atoms with Crippen LogP contribution in [0.1, 0.15) is 34.5 Å². The topological polar surface area (TPSA) is 63.8 Å². The van der Waals surface area contributed by atoms with E-state index < -0.39 is 13.4 Å². The molecule has 150 valence electrons. The second-order valence-corrected chi connectivity index (χ2v) is 6.74. The van der Waals surface area contributed by atoms with E-state index in [0.717, 1.165) is 21.5 Å². The lowest BCUT2D eigenvalue weighted by molar-refractivity contribution is -0.136. The summed E-state index contributed by atoms with van der Waals surface area (Å²) in [6, 6.07) is 7.42. The SMILES string of the molecule is COc1ccc(C2=N/C(=C\c3c(C)c(CCC(=O)O)c(C)n3B(F)F)C=C2)cc1. The number of nitrogens with zero attached hydrogens (tertiary/aromatic N) is 2. The smallest absolute Gasteiger partial charge is 0.497 e. The van der Waals surface area contributed by atoms with Crippen LogP contribution in [0.25, 0.3) is 6.08 Å². The lowest BCUT2D eigenvalue weighted by atomic mass is 10.0. The summed E-state index contributed by atoms with van der Waals surface area (Å²) >= 11 is 0. The predicted octanol–water partition coefficient (Wildman–Crippen LogP) is 4.30. The van der Waals surface area contributed by atoms with Crippen LogP contribution >= 0.6 is 0 Å². The summed E-state index contributed by atoms with van der Waals surface area (Å²) in [7, 11) is -1.13. The van der Waals surface area contributed by atoms with Crippen LogP contribution in [-0.4, -0.2) is 35.8 Å². The molecule has 1 N–H and O–H groups in total. The maximum absolute atomic E-state index is 13.7. The Kier molecular flexibility index (Phi) is 6.01. The summed E-state index contributed by atoms with van der Waals surface area (Å²) < 4.78 is 33.5. The van der Waals surface area contributed by atoms with Gasteiger partial charge in [0, 0.05) is 23.4 Å². The highest BCUT2D eigenvalue weighted by Crippen LogP contribution is 2.28. The number of hydrogen-bond acceptors (Lipinski definition) is 3. The molecule has 0 bridgehead atoms. The van der Waals surface area contributed by atoms with Crippen molar-refractivity contribution < 1.29 is 23.3 Å². The first kappa shape index (κ1) is 20.6. The Hall–Kier alpha value is -3.16. The molecule has 0 atom stereocenters. The first-order chi connectivity index (χ1) is 13.8. The number of rotatable bonds is 7. The van der Waals surface area contributed by atoms with Crippen LogP contribution < -0.4 is 4.74 Å². The summed E-state index contributed by atoms with van der Waals surface area (Å²) in [5.41, 5.74) is 4.20. The number of carbonyl (C=O) groups is 1. The van der Waals surface area contributed by atoms with E-state index >= 15 is 0 Å². The molecule has 0 saturated carbocycles. The number of hydrogen-bond donors (Lipinski definition) is 1. The van der Waals surface area contributed by atoms with Crippen molar-refractivity contribution in [2.24, 2.45) is 4.99 Å². The first-order valence-corrected chi connectivity index (χ1v) is 9.15. The number of carboxylic acids is 1. The van der Waals surface area contributed by atoms with Crippen LogP contribution in [-0.2, 0) is 11.2 Å². The van der Waals surface area contributed by atoms with Gasteiger partial charge in [0.15, 0.2) is 0 Å². The van der Waals surface area contributed by atoms with Crippen molar-refractivity contribution in [2.45, 2.75) is 26.7 Å². The molecule has 0 radical (unpaired) electrons. The second-order valence-electron chi connectivity index (χ2n) is 6.74. The minimum absolute atomic E-state index is 0.107. The quantitative estimate of drug-likeness (QED) is 0.708. The van der Waals surface area contributed by atoms with Gasteiger partial charge in [0.25, 0.3) is 0 Å². The Labute approximate surface area is 168 Å². The maximum atomic E-state index is 13.7. The number of aliphatic imine (C=N–C) groups is 1. The molecule has 0 saturated heterocycles. The van der Waals surface area contributed by atoms with E-state index in [-0.39, 0.29) is 12.8 Å². The number of benzene rings is 1. The molecule has 0 fully saturated rings. The molecule has 0 aliphatic carbocycles. The highest BCUT2D eigenvalue weighted by molar-refractivity contribution is 6.41. The summed E-state index contributed by atoms with van der Waals surface area (Å²) in [5.74, 6) is -0.220. The van der Waals surface area contributed by atoms with E-state index in [1.54, 1.807) is 33.1 Å². The molecule has 3 rings (SSSR count). The van der Waals surface area contributed by atoms with Crippen molar-refractivity contribution in [1.29, 1.82) is 0 Å². The van der Waals surface area contributed by atoms with Crippen molar-refractivity contribution in [1.82, 2.24) is 4.48 Å². The molecule has 1 aromatic carbocycles. The third-order valence-corrected chi connectivity index (χ3v) is 5.01. The summed E-state index contributed by atoms with van der Waals surface area (Å²) in [4.78, 5) is 15.4. The highest BCUT2D eigenvalue weighted by Gasteiger charge is 2.27. The van der Waals surface area contributed by atoms with E-state index in [1.807, 2.05) is 30.3 Å². The summed E-state index contributed by atoms with van der Waals surface area (Å²) in [6.07, 6.45) is 5.32. The molecule has 0 unspecified atom stereocenters.